The number of nitriles is 1. The van der Waals surface area contributed by atoms with Crippen LogP contribution in [0.15, 0.2) is 47.4 Å². The number of nitrogens with one attached hydrogen (secondary N) is 2. The number of nitrogens with zero attached hydrogens (tertiary/aromatic N) is 5. The summed E-state index contributed by atoms with van der Waals surface area (Å²) in [5, 5.41) is 15.4. The molecule has 4 aromatic rings. The van der Waals surface area contributed by atoms with Crippen molar-refractivity contribution in [2.45, 2.75) is 36.8 Å². The third-order valence-electron chi connectivity index (χ3n) is 6.05. The van der Waals surface area contributed by atoms with Crippen LogP contribution in [0, 0.1) is 11.3 Å². The van der Waals surface area contributed by atoms with Crippen molar-refractivity contribution in [2.75, 3.05) is 23.5 Å². The van der Waals surface area contributed by atoms with Crippen LogP contribution in [0.2, 0.25) is 5.02 Å². The van der Waals surface area contributed by atoms with Crippen molar-refractivity contribution < 1.29 is 21.9 Å². The van der Waals surface area contributed by atoms with E-state index in [-0.39, 0.29) is 44.0 Å². The second-order valence-corrected chi connectivity index (χ2v) is 11.3. The molecule has 1 aliphatic rings. The summed E-state index contributed by atoms with van der Waals surface area (Å²) in [6, 6.07) is 12.5. The number of pyridine rings is 2. The molecule has 10 nitrogen and oxygen atoms in total. The van der Waals surface area contributed by atoms with E-state index >= 15 is 0 Å². The largest absolute Gasteiger partial charge is 0.358 e. The molecule has 0 spiro atoms. The molecule has 0 amide bonds. The van der Waals surface area contributed by atoms with Crippen molar-refractivity contribution in [1.82, 2.24) is 19.5 Å². The normalized spacial score (nSPS) is 15.8. The van der Waals surface area contributed by atoms with Crippen molar-refractivity contribution in [3.8, 4) is 6.07 Å². The second kappa shape index (κ2) is 10.7. The molecule has 1 saturated heterocycles. The minimum Gasteiger partial charge on any atom is -0.358 e. The third-order valence-corrected chi connectivity index (χ3v) is 7.42. The number of hydrogen-bond acceptors (Lipinski definition) is 9. The molecule has 1 atom stereocenters. The number of rotatable bonds is 7. The topological polar surface area (TPSA) is 135 Å². The Bertz CT molecular complexity index is 1700. The molecular weight excluding hydrogens is 552 g/mol. The number of alkyl halides is 2. The lowest BCUT2D eigenvalue weighted by molar-refractivity contribution is -0.0363. The predicted molar refractivity (Wildman–Crippen MR) is 141 cm³/mol. The number of anilines is 4. The van der Waals surface area contributed by atoms with E-state index in [1.165, 1.54) is 34.9 Å². The standard InChI is InChI=1S/C25H22ClF2N7O3S/c1-39(36,37)18-11-14(26)8-9-16(18)31-17-12-20(32-19-6-4-5-15(13-29)30-19)33-24-22(17)34-25(23(27)28)35(24)21-7-2-3-10-38-21/h4-6,8-9,11-12,21,23H,2-3,7,10H2,1H3,(H2,30,31,32,33). The fourth-order valence-electron chi connectivity index (χ4n) is 4.35. The molecule has 1 unspecified atom stereocenters. The molecule has 0 radical (unpaired) electrons. The van der Waals surface area contributed by atoms with Crippen molar-refractivity contribution >= 4 is 55.6 Å². The zero-order valence-corrected chi connectivity index (χ0v) is 22.1. The first-order valence-corrected chi connectivity index (χ1v) is 14.1. The van der Waals surface area contributed by atoms with E-state index in [0.29, 0.717) is 18.8 Å². The van der Waals surface area contributed by atoms with E-state index in [9.17, 15) is 22.5 Å². The van der Waals surface area contributed by atoms with Gasteiger partial charge >= 0.3 is 0 Å². The summed E-state index contributed by atoms with van der Waals surface area (Å²) >= 11 is 6.05. The monoisotopic (exact) mass is 573 g/mol. The number of ether oxygens (including phenoxy) is 1. The minimum atomic E-state index is -3.71. The summed E-state index contributed by atoms with van der Waals surface area (Å²) in [7, 11) is -3.71. The number of halogens is 3. The highest BCUT2D eigenvalue weighted by Gasteiger charge is 2.29. The number of aromatic nitrogens is 4. The molecule has 3 aromatic heterocycles. The number of hydrogen-bond donors (Lipinski definition) is 2. The second-order valence-electron chi connectivity index (χ2n) is 8.87. The van der Waals surface area contributed by atoms with Crippen LogP contribution >= 0.6 is 11.6 Å². The van der Waals surface area contributed by atoms with Crippen LogP contribution in [0.25, 0.3) is 11.2 Å². The number of sulfone groups is 1. The fourth-order valence-corrected chi connectivity index (χ4v) is 5.45. The minimum absolute atomic E-state index is 0.0815. The van der Waals surface area contributed by atoms with Crippen LogP contribution in [-0.4, -0.2) is 40.8 Å². The van der Waals surface area contributed by atoms with Crippen molar-refractivity contribution in [2.24, 2.45) is 0 Å². The molecule has 1 aliphatic heterocycles. The van der Waals surface area contributed by atoms with Gasteiger partial charge in [0.05, 0.1) is 16.3 Å². The van der Waals surface area contributed by atoms with Crippen LogP contribution in [0.3, 0.4) is 0 Å². The highest BCUT2D eigenvalue weighted by Crippen LogP contribution is 2.37. The quantitative estimate of drug-likeness (QED) is 0.278. The molecule has 0 saturated carbocycles. The zero-order valence-electron chi connectivity index (χ0n) is 20.5. The SMILES string of the molecule is CS(=O)(=O)c1cc(Cl)ccc1Nc1cc(Nc2cccc(C#N)n2)nc2c1nc(C(F)F)n2C1CCCCO1. The first-order chi connectivity index (χ1) is 18.6. The first-order valence-electron chi connectivity index (χ1n) is 11.9. The van der Waals surface area contributed by atoms with Gasteiger partial charge in [-0.05, 0) is 49.6 Å². The lowest BCUT2D eigenvalue weighted by atomic mass is 10.2. The summed E-state index contributed by atoms with van der Waals surface area (Å²) in [6.45, 7) is 0.406. The predicted octanol–water partition coefficient (Wildman–Crippen LogP) is 5.88. The van der Waals surface area contributed by atoms with Crippen molar-refractivity contribution in [1.29, 1.82) is 5.26 Å². The van der Waals surface area contributed by atoms with Crippen LogP contribution in [0.5, 0.6) is 0 Å². The van der Waals surface area contributed by atoms with Gasteiger partial charge in [0.1, 0.15) is 35.1 Å². The van der Waals surface area contributed by atoms with Crippen LogP contribution in [0.1, 0.15) is 43.4 Å². The van der Waals surface area contributed by atoms with Crippen LogP contribution in [0.4, 0.5) is 31.8 Å². The average molecular weight is 574 g/mol. The Morgan fingerprint density at radius 2 is 1.92 bits per heavy atom. The van der Waals surface area contributed by atoms with E-state index < -0.39 is 28.3 Å². The lowest BCUT2D eigenvalue weighted by Gasteiger charge is -2.25. The zero-order chi connectivity index (χ0) is 27.7. The summed E-state index contributed by atoms with van der Waals surface area (Å²) < 4.78 is 60.6. The summed E-state index contributed by atoms with van der Waals surface area (Å²) in [4.78, 5) is 12.9. The number of fused-ring (bicyclic) bond motifs is 1. The fraction of sp³-hybridized carbons (Fsp3) is 0.280. The molecule has 0 aliphatic carbocycles. The Morgan fingerprint density at radius 1 is 1.10 bits per heavy atom. The average Bonchev–Trinajstić information content (AvgIpc) is 3.30. The van der Waals surface area contributed by atoms with Gasteiger partial charge < -0.3 is 15.4 Å². The van der Waals surface area contributed by atoms with Gasteiger partial charge in [-0.2, -0.15) is 5.26 Å². The molecule has 1 fully saturated rings. The molecular formula is C25H22ClF2N7O3S. The summed E-state index contributed by atoms with van der Waals surface area (Å²) in [5.74, 6) is -0.0295. The Kier molecular flexibility index (Phi) is 7.35. The number of benzene rings is 1. The Hall–Kier alpha value is -3.86. The van der Waals surface area contributed by atoms with Crippen LogP contribution < -0.4 is 10.6 Å². The van der Waals surface area contributed by atoms with Gasteiger partial charge in [0, 0.05) is 24.0 Å². The maximum atomic E-state index is 14.2. The van der Waals surface area contributed by atoms with Crippen LogP contribution in [-0.2, 0) is 14.6 Å². The van der Waals surface area contributed by atoms with Gasteiger partial charge in [0.25, 0.3) is 6.43 Å². The number of imidazole rings is 1. The van der Waals surface area contributed by atoms with Gasteiger partial charge in [0.2, 0.25) is 0 Å². The molecule has 1 aromatic carbocycles. The summed E-state index contributed by atoms with van der Waals surface area (Å²) in [5.41, 5.74) is 0.753. The van der Waals surface area contributed by atoms with E-state index in [0.717, 1.165) is 19.1 Å². The van der Waals surface area contributed by atoms with Gasteiger partial charge in [-0.3, -0.25) is 4.57 Å². The highest BCUT2D eigenvalue weighted by atomic mass is 35.5. The van der Waals surface area contributed by atoms with E-state index in [1.54, 1.807) is 12.1 Å². The molecule has 202 valence electrons. The van der Waals surface area contributed by atoms with E-state index in [2.05, 4.69) is 25.6 Å². The lowest BCUT2D eigenvalue weighted by Crippen LogP contribution is -2.20. The smallest absolute Gasteiger partial charge is 0.295 e. The Labute approximate surface area is 227 Å². The van der Waals surface area contributed by atoms with Crippen molar-refractivity contribution in [3.05, 3.63) is 59.0 Å². The maximum absolute atomic E-state index is 14.2. The Balaban J connectivity index is 1.71. The summed E-state index contributed by atoms with van der Waals surface area (Å²) in [6.07, 6.45) is -0.503. The molecule has 0 bridgehead atoms. The third kappa shape index (κ3) is 5.63. The molecule has 5 rings (SSSR count). The molecule has 39 heavy (non-hydrogen) atoms. The van der Waals surface area contributed by atoms with E-state index in [1.807, 2.05) is 6.07 Å². The Morgan fingerprint density at radius 3 is 2.62 bits per heavy atom. The van der Waals surface area contributed by atoms with E-state index in [4.69, 9.17) is 16.3 Å². The highest BCUT2D eigenvalue weighted by molar-refractivity contribution is 7.90. The van der Waals surface area contributed by atoms with Gasteiger partial charge in [-0.15, -0.1) is 0 Å². The molecule has 14 heteroatoms. The molecule has 4 heterocycles. The van der Waals surface area contributed by atoms with Gasteiger partial charge in [-0.1, -0.05) is 17.7 Å². The van der Waals surface area contributed by atoms with Gasteiger partial charge in [-0.25, -0.2) is 32.2 Å². The van der Waals surface area contributed by atoms with Gasteiger partial charge in [0.15, 0.2) is 21.3 Å². The van der Waals surface area contributed by atoms with Crippen molar-refractivity contribution in [3.63, 3.8) is 0 Å². The molecule has 2 N–H and O–H groups in total. The maximum Gasteiger partial charge on any atom is 0.295 e. The first kappa shape index (κ1) is 26.7.